The lowest BCUT2D eigenvalue weighted by atomic mass is 10.1. The maximum Gasteiger partial charge on any atom is 0.246 e. The first kappa shape index (κ1) is 17.1. The molecule has 2 aliphatic heterocycles. The Bertz CT molecular complexity index is 584. The molecule has 0 aliphatic carbocycles. The Labute approximate surface area is 144 Å². The minimum atomic E-state index is -0.132. The predicted molar refractivity (Wildman–Crippen MR) is 93.0 cm³/mol. The van der Waals surface area contributed by atoms with Gasteiger partial charge in [0.15, 0.2) is 0 Å². The molecule has 0 spiro atoms. The van der Waals surface area contributed by atoms with Crippen LogP contribution in [0.5, 0.6) is 0 Å². The lowest BCUT2D eigenvalue weighted by Gasteiger charge is -2.35. The second-order valence-electron chi connectivity index (χ2n) is 6.69. The second kappa shape index (κ2) is 7.42. The number of likely N-dealkylation sites (N-methyl/N-ethyl adjacent to an activating group) is 1. The van der Waals surface area contributed by atoms with E-state index in [-0.39, 0.29) is 11.9 Å². The summed E-state index contributed by atoms with van der Waals surface area (Å²) < 4.78 is 0. The van der Waals surface area contributed by atoms with Crippen LogP contribution in [0.4, 0.5) is 5.95 Å². The quantitative estimate of drug-likeness (QED) is 0.810. The van der Waals surface area contributed by atoms with Gasteiger partial charge in [-0.2, -0.15) is 5.10 Å². The third kappa shape index (κ3) is 3.36. The summed E-state index contributed by atoms with van der Waals surface area (Å²) in [5.74, 6) is 0.843. The SMILES string of the molecule is CCc1nnc(N2CCCC2C(=O)N2CCN(C)CC2)nc1CC. The molecule has 3 heterocycles. The molecule has 2 aliphatic rings. The van der Waals surface area contributed by atoms with Gasteiger partial charge >= 0.3 is 0 Å². The van der Waals surface area contributed by atoms with Crippen molar-refractivity contribution < 1.29 is 4.79 Å². The molecular formula is C17H28N6O. The minimum Gasteiger partial charge on any atom is -0.338 e. The fourth-order valence-corrected chi connectivity index (χ4v) is 3.55. The number of rotatable bonds is 4. The molecule has 0 aromatic carbocycles. The molecule has 0 saturated carbocycles. The van der Waals surface area contributed by atoms with E-state index in [4.69, 9.17) is 4.98 Å². The van der Waals surface area contributed by atoms with Crippen molar-refractivity contribution in [2.24, 2.45) is 0 Å². The van der Waals surface area contributed by atoms with Gasteiger partial charge < -0.3 is 14.7 Å². The van der Waals surface area contributed by atoms with Crippen LogP contribution in [0.3, 0.4) is 0 Å². The van der Waals surface area contributed by atoms with Crippen molar-refractivity contribution in [3.63, 3.8) is 0 Å². The van der Waals surface area contributed by atoms with Crippen molar-refractivity contribution in [2.45, 2.75) is 45.6 Å². The smallest absolute Gasteiger partial charge is 0.246 e. The zero-order chi connectivity index (χ0) is 17.1. The van der Waals surface area contributed by atoms with Crippen molar-refractivity contribution in [3.8, 4) is 0 Å². The van der Waals surface area contributed by atoms with Crippen LogP contribution in [-0.2, 0) is 17.6 Å². The van der Waals surface area contributed by atoms with Crippen LogP contribution in [0.25, 0.3) is 0 Å². The van der Waals surface area contributed by atoms with Gasteiger partial charge in [-0.1, -0.05) is 13.8 Å². The maximum absolute atomic E-state index is 13.0. The minimum absolute atomic E-state index is 0.132. The van der Waals surface area contributed by atoms with Crippen LogP contribution < -0.4 is 4.90 Å². The Hall–Kier alpha value is -1.76. The van der Waals surface area contributed by atoms with Crippen molar-refractivity contribution >= 4 is 11.9 Å². The molecule has 1 unspecified atom stereocenters. The number of amides is 1. The molecule has 7 nitrogen and oxygen atoms in total. The molecule has 2 saturated heterocycles. The topological polar surface area (TPSA) is 65.5 Å². The third-order valence-electron chi connectivity index (χ3n) is 5.11. The van der Waals surface area contributed by atoms with Crippen LogP contribution in [0.2, 0.25) is 0 Å². The van der Waals surface area contributed by atoms with Crippen molar-refractivity contribution in [2.75, 3.05) is 44.7 Å². The van der Waals surface area contributed by atoms with E-state index in [0.29, 0.717) is 5.95 Å². The Morgan fingerprint density at radius 3 is 2.42 bits per heavy atom. The summed E-state index contributed by atoms with van der Waals surface area (Å²) in [6.07, 6.45) is 3.57. The molecule has 3 rings (SSSR count). The second-order valence-corrected chi connectivity index (χ2v) is 6.69. The van der Waals surface area contributed by atoms with Gasteiger partial charge in [-0.15, -0.1) is 5.10 Å². The highest BCUT2D eigenvalue weighted by Gasteiger charge is 2.36. The van der Waals surface area contributed by atoms with E-state index in [2.05, 4.69) is 40.9 Å². The van der Waals surface area contributed by atoms with Gasteiger partial charge in [-0.3, -0.25) is 4.79 Å². The molecule has 1 amide bonds. The number of aromatic nitrogens is 3. The molecule has 0 bridgehead atoms. The largest absolute Gasteiger partial charge is 0.338 e. The number of hydrogen-bond acceptors (Lipinski definition) is 6. The summed E-state index contributed by atoms with van der Waals surface area (Å²) >= 11 is 0. The standard InChI is InChI=1S/C17H28N6O/c1-4-13-14(5-2)19-20-17(18-13)23-8-6-7-15(23)16(24)22-11-9-21(3)10-12-22/h15H,4-12H2,1-3H3. The number of nitrogens with zero attached hydrogens (tertiary/aromatic N) is 6. The first-order valence-corrected chi connectivity index (χ1v) is 9.10. The molecule has 2 fully saturated rings. The highest BCUT2D eigenvalue weighted by Crippen LogP contribution is 2.24. The van der Waals surface area contributed by atoms with Gasteiger partial charge in [0.25, 0.3) is 0 Å². The lowest BCUT2D eigenvalue weighted by molar-refractivity contribution is -0.134. The van der Waals surface area contributed by atoms with Crippen molar-refractivity contribution in [1.29, 1.82) is 0 Å². The average Bonchev–Trinajstić information content (AvgIpc) is 3.10. The van der Waals surface area contributed by atoms with Gasteiger partial charge in [0.2, 0.25) is 11.9 Å². The molecule has 7 heteroatoms. The molecule has 1 aromatic heterocycles. The summed E-state index contributed by atoms with van der Waals surface area (Å²) in [6.45, 7) is 8.51. The highest BCUT2D eigenvalue weighted by atomic mass is 16.2. The van der Waals surface area contributed by atoms with E-state index in [9.17, 15) is 4.79 Å². The van der Waals surface area contributed by atoms with E-state index in [1.54, 1.807) is 0 Å². The number of carbonyl (C=O) groups excluding carboxylic acids is 1. The van der Waals surface area contributed by atoms with Crippen LogP contribution >= 0.6 is 0 Å². The number of anilines is 1. The number of aryl methyl sites for hydroxylation is 2. The normalized spacial score (nSPS) is 22.2. The van der Waals surface area contributed by atoms with E-state index in [1.807, 2.05) is 4.90 Å². The van der Waals surface area contributed by atoms with Gasteiger partial charge in [0.1, 0.15) is 6.04 Å². The van der Waals surface area contributed by atoms with Gasteiger partial charge in [0, 0.05) is 32.7 Å². The average molecular weight is 332 g/mol. The van der Waals surface area contributed by atoms with Gasteiger partial charge in [-0.25, -0.2) is 4.98 Å². The summed E-state index contributed by atoms with van der Waals surface area (Å²) in [6, 6.07) is -0.132. The summed E-state index contributed by atoms with van der Waals surface area (Å²) in [5, 5.41) is 8.66. The number of carbonyl (C=O) groups is 1. The molecule has 132 valence electrons. The zero-order valence-electron chi connectivity index (χ0n) is 15.0. The summed E-state index contributed by atoms with van der Waals surface area (Å²) in [7, 11) is 2.10. The Kier molecular flexibility index (Phi) is 5.28. The molecule has 24 heavy (non-hydrogen) atoms. The Morgan fingerprint density at radius 1 is 1.04 bits per heavy atom. The molecule has 1 aromatic rings. The van der Waals surface area contributed by atoms with Crippen LogP contribution in [0, 0.1) is 0 Å². The Morgan fingerprint density at radius 2 is 1.75 bits per heavy atom. The van der Waals surface area contributed by atoms with Gasteiger partial charge in [0.05, 0.1) is 11.4 Å². The van der Waals surface area contributed by atoms with Crippen molar-refractivity contribution in [3.05, 3.63) is 11.4 Å². The molecular weight excluding hydrogens is 304 g/mol. The fourth-order valence-electron chi connectivity index (χ4n) is 3.55. The fraction of sp³-hybridized carbons (Fsp3) is 0.765. The number of hydrogen-bond donors (Lipinski definition) is 0. The number of piperazine rings is 1. The first-order chi connectivity index (χ1) is 11.6. The summed E-state index contributed by atoms with van der Waals surface area (Å²) in [5.41, 5.74) is 1.96. The third-order valence-corrected chi connectivity index (χ3v) is 5.11. The maximum atomic E-state index is 13.0. The van der Waals surface area contributed by atoms with Gasteiger partial charge in [-0.05, 0) is 32.7 Å². The van der Waals surface area contributed by atoms with Crippen LogP contribution in [0.15, 0.2) is 0 Å². The zero-order valence-corrected chi connectivity index (χ0v) is 15.0. The predicted octanol–water partition coefficient (Wildman–Crippen LogP) is 0.739. The summed E-state index contributed by atoms with van der Waals surface area (Å²) in [4.78, 5) is 24.0. The monoisotopic (exact) mass is 332 g/mol. The van der Waals surface area contributed by atoms with E-state index in [0.717, 1.165) is 69.8 Å². The van der Waals surface area contributed by atoms with E-state index >= 15 is 0 Å². The highest BCUT2D eigenvalue weighted by molar-refractivity contribution is 5.85. The molecule has 0 N–H and O–H groups in total. The molecule has 0 radical (unpaired) electrons. The molecule has 1 atom stereocenters. The van der Waals surface area contributed by atoms with E-state index in [1.165, 1.54) is 0 Å². The van der Waals surface area contributed by atoms with Crippen LogP contribution in [0.1, 0.15) is 38.1 Å². The Balaban J connectivity index is 1.76. The van der Waals surface area contributed by atoms with Crippen molar-refractivity contribution in [1.82, 2.24) is 25.0 Å². The lowest BCUT2D eigenvalue weighted by Crippen LogP contribution is -2.53. The first-order valence-electron chi connectivity index (χ1n) is 9.10. The van der Waals surface area contributed by atoms with Crippen LogP contribution in [-0.4, -0.2) is 76.7 Å². The van der Waals surface area contributed by atoms with E-state index < -0.39 is 0 Å².